The zero-order valence-corrected chi connectivity index (χ0v) is 55.3. The number of carbonyl (C=O) groups excluding carboxylic acids is 1. The quantitative estimate of drug-likeness (QED) is 0.206. The molecule has 1 unspecified atom stereocenters. The molecule has 7 aliphatic heterocycles. The lowest BCUT2D eigenvalue weighted by Crippen LogP contribution is -2.56. The first-order valence-corrected chi connectivity index (χ1v) is 36.2. The smallest absolute Gasteiger partial charge is 0.251 e. The number of rotatable bonds is 4. The van der Waals surface area contributed by atoms with Crippen LogP contribution in [-0.2, 0) is 32.0 Å². The van der Waals surface area contributed by atoms with Gasteiger partial charge in [0.05, 0.1) is 33.6 Å². The monoisotopic (exact) mass is 1220 g/mol. The van der Waals surface area contributed by atoms with Gasteiger partial charge in [-0.2, -0.15) is 0 Å². The molecule has 4 aromatic carbocycles. The molecule has 9 aliphatic carbocycles. The summed E-state index contributed by atoms with van der Waals surface area (Å²) in [6.07, 6.45) is 44.7. The van der Waals surface area contributed by atoms with Gasteiger partial charge in [-0.15, -0.1) is 0 Å². The van der Waals surface area contributed by atoms with Crippen LogP contribution in [0.4, 0.5) is 5.69 Å². The minimum atomic E-state index is -0.251. The van der Waals surface area contributed by atoms with E-state index in [0.29, 0.717) is 35.1 Å². The van der Waals surface area contributed by atoms with Crippen LogP contribution in [0.25, 0.3) is 10.8 Å². The number of allylic oxidation sites excluding steroid dienone is 4. The Morgan fingerprint density at radius 3 is 1.65 bits per heavy atom. The molecular weight excluding hydrogens is 1120 g/mol. The molecule has 1 amide bonds. The van der Waals surface area contributed by atoms with Crippen LogP contribution in [0.2, 0.25) is 0 Å². The Hall–Kier alpha value is -6.15. The van der Waals surface area contributed by atoms with Crippen molar-refractivity contribution in [3.05, 3.63) is 232 Å². The van der Waals surface area contributed by atoms with Crippen molar-refractivity contribution >= 4 is 22.4 Å². The van der Waals surface area contributed by atoms with Crippen LogP contribution >= 0.6 is 0 Å². The number of para-hydroxylation sites is 1. The lowest BCUT2D eigenvalue weighted by molar-refractivity contribution is -0.134. The molecule has 6 heteroatoms. The van der Waals surface area contributed by atoms with Crippen LogP contribution < -0.4 is 5.32 Å². The second-order valence-electron chi connectivity index (χ2n) is 32.9. The normalized spacial score (nSPS) is 41.0. The molecule has 16 aliphatic rings. The van der Waals surface area contributed by atoms with Crippen molar-refractivity contribution in [1.82, 2.24) is 4.90 Å². The standard InChI is InChI=1S/C30H32O.C29H35NO.C27H29NO2/c1-20-7-10-24-18-25-13-14-28(2)26(23-9-8-21-5-3-4-6-22(21)17-23)11-12-27(28)30(25)16-15-29(24,19-20)31-30;1-20-7-8-23-17-24-11-13-27(2)25(29(24)15-14-28(23,18-20)31-29)9-10-26(27)30-16-12-21-5-3-4-6-22(21)19-30;1-18-8-9-19-16-20-12-13-25(2)22(24(29)28-21-6-4-3-5-7-21)10-11-23(25)27(20)15-14-26(19,17-18)30-27/h3-6,8-9,13,17-18,26-27H,1,7,10-12,14-16,19H2,2H3;3-6,11,17,25-26H,1,7-10,12-16,18-19H2,2H3;3-7,10,12,16,23H,1,8-9,11,13-15,17H2,2H3,(H,28,29)/t26-,27-,28-,29-,30-;25-,26+,27+,28-,29-;23-,25-,26?,27-/m111/s1. The Labute approximate surface area is 547 Å². The van der Waals surface area contributed by atoms with Gasteiger partial charge < -0.3 is 19.5 Å². The van der Waals surface area contributed by atoms with Crippen LogP contribution in [-0.4, -0.2) is 57.0 Å². The van der Waals surface area contributed by atoms with Crippen molar-refractivity contribution in [1.29, 1.82) is 0 Å². The number of benzene rings is 4. The van der Waals surface area contributed by atoms with E-state index in [1.165, 1.54) is 133 Å². The first-order chi connectivity index (χ1) is 44.5. The third-order valence-electron chi connectivity index (χ3n) is 28.5. The Kier molecular flexibility index (Phi) is 13.1. The summed E-state index contributed by atoms with van der Waals surface area (Å²) in [4.78, 5) is 16.1. The molecule has 0 radical (unpaired) electrons. The summed E-state index contributed by atoms with van der Waals surface area (Å²) in [7, 11) is 0. The highest BCUT2D eigenvalue weighted by molar-refractivity contribution is 6.05. The van der Waals surface area contributed by atoms with Gasteiger partial charge >= 0.3 is 0 Å². The summed E-state index contributed by atoms with van der Waals surface area (Å²) in [5.41, 5.74) is 19.4. The fourth-order valence-corrected chi connectivity index (χ4v) is 24.0. The molecule has 8 fully saturated rings. The van der Waals surface area contributed by atoms with Gasteiger partial charge in [0.15, 0.2) is 0 Å². The number of fused-ring (bicyclic) bond motifs is 5. The number of anilines is 1. The maximum atomic E-state index is 13.2. The van der Waals surface area contributed by atoms with Crippen molar-refractivity contribution in [2.75, 3.05) is 11.9 Å². The molecule has 1 N–H and O–H groups in total. The summed E-state index contributed by atoms with van der Waals surface area (Å²) >= 11 is 0. The van der Waals surface area contributed by atoms with Crippen molar-refractivity contribution in [3.8, 4) is 0 Å². The Morgan fingerprint density at radius 2 is 1.03 bits per heavy atom. The van der Waals surface area contributed by atoms with E-state index in [1.807, 2.05) is 30.3 Å². The summed E-state index contributed by atoms with van der Waals surface area (Å²) in [6.45, 7) is 22.8. The maximum Gasteiger partial charge on any atom is 0.251 e. The van der Waals surface area contributed by atoms with E-state index in [9.17, 15) is 4.79 Å². The number of amides is 1. The van der Waals surface area contributed by atoms with Gasteiger partial charge in [-0.1, -0.05) is 185 Å². The van der Waals surface area contributed by atoms with E-state index in [-0.39, 0.29) is 50.3 Å². The molecule has 3 saturated heterocycles. The summed E-state index contributed by atoms with van der Waals surface area (Å²) in [5, 5.41) is 5.83. The first-order valence-electron chi connectivity index (χ1n) is 36.2. The largest absolute Gasteiger partial charge is 0.359 e. The van der Waals surface area contributed by atoms with Crippen molar-refractivity contribution in [3.63, 3.8) is 0 Å². The SMILES string of the molecule is C=C1CCC2=CC3=CC[C@]4(C)C(C(=O)Nc5ccccc5)=CC[C@H]4[C@@]34CCC2(C1)O4.C=C1CCC2=CC3=CC[C@]4(C)[C@@H](N5CCc6ccccc6C5)CC[C@H]4[C@@]34CC[C@]2(C1)O4.C=C1CCC2=CC3=CC[C@]4(C)[C@@H](c5ccc6ccccc6c5)CC[C@H]4[C@@]34CC[C@]2(C1)O4. The predicted molar refractivity (Wildman–Crippen MR) is 371 cm³/mol. The van der Waals surface area contributed by atoms with Crippen LogP contribution in [0.3, 0.4) is 0 Å². The summed E-state index contributed by atoms with van der Waals surface area (Å²) in [5.74, 6) is 2.22. The average molecular weight is 1220 g/mol. The van der Waals surface area contributed by atoms with Gasteiger partial charge in [-0.25, -0.2) is 0 Å². The first kappa shape index (κ1) is 58.4. The van der Waals surface area contributed by atoms with E-state index in [0.717, 1.165) is 101 Å². The van der Waals surface area contributed by atoms with Gasteiger partial charge in [0, 0.05) is 61.0 Å². The topological polar surface area (TPSA) is 60.0 Å². The minimum absolute atomic E-state index is 0.0208. The number of carbonyl (C=O) groups is 1. The van der Waals surface area contributed by atoms with E-state index >= 15 is 0 Å². The second-order valence-corrected chi connectivity index (χ2v) is 32.9. The third-order valence-corrected chi connectivity index (χ3v) is 28.5. The number of nitrogens with zero attached hydrogens (tertiary/aromatic N) is 1. The zero-order valence-electron chi connectivity index (χ0n) is 55.3. The minimum Gasteiger partial charge on any atom is -0.359 e. The summed E-state index contributed by atoms with van der Waals surface area (Å²) in [6, 6.07) is 35.5. The second kappa shape index (κ2) is 20.7. The maximum absolute atomic E-state index is 13.2. The average Bonchev–Trinajstić information content (AvgIpc) is 1.53. The van der Waals surface area contributed by atoms with E-state index in [1.54, 1.807) is 22.3 Å². The highest BCUT2D eigenvalue weighted by atomic mass is 16.5. The lowest BCUT2D eigenvalue weighted by Gasteiger charge is -2.55. The molecule has 92 heavy (non-hydrogen) atoms. The number of nitrogens with one attached hydrogen (secondary N) is 1. The molecule has 474 valence electrons. The summed E-state index contributed by atoms with van der Waals surface area (Å²) < 4.78 is 21.7. The van der Waals surface area contributed by atoms with Gasteiger partial charge in [0.25, 0.3) is 5.91 Å². The van der Waals surface area contributed by atoms with Crippen LogP contribution in [0, 0.1) is 34.0 Å². The van der Waals surface area contributed by atoms with Gasteiger partial charge in [0.1, 0.15) is 0 Å². The predicted octanol–water partition coefficient (Wildman–Crippen LogP) is 19.6. The van der Waals surface area contributed by atoms with Gasteiger partial charge in [-0.05, 0) is 236 Å². The van der Waals surface area contributed by atoms with Crippen LogP contribution in [0.1, 0.15) is 191 Å². The number of ether oxygens (including phenoxy) is 3. The van der Waals surface area contributed by atoms with E-state index in [2.05, 4.69) is 160 Å². The van der Waals surface area contributed by atoms with Crippen LogP contribution in [0.5, 0.6) is 0 Å². The molecule has 5 saturated carbocycles. The third kappa shape index (κ3) is 8.39. The van der Waals surface area contributed by atoms with Crippen molar-refractivity contribution in [2.24, 2.45) is 34.0 Å². The van der Waals surface area contributed by atoms with Gasteiger partial charge in [-0.3, -0.25) is 9.69 Å². The Morgan fingerprint density at radius 1 is 0.511 bits per heavy atom. The van der Waals surface area contributed by atoms with Crippen molar-refractivity contribution in [2.45, 2.75) is 227 Å². The molecule has 20 rings (SSSR count). The molecule has 6 nitrogen and oxygen atoms in total. The van der Waals surface area contributed by atoms with Crippen molar-refractivity contribution < 1.29 is 19.0 Å². The van der Waals surface area contributed by atoms with E-state index < -0.39 is 0 Å². The molecular formula is C86H96N2O4. The highest BCUT2D eigenvalue weighted by Gasteiger charge is 2.70. The molecule has 4 aromatic rings. The zero-order chi connectivity index (χ0) is 62.3. The molecule has 7 heterocycles. The Balaban J connectivity index is 0.000000102. The Bertz CT molecular complexity index is 4090. The number of hydrogen-bond donors (Lipinski definition) is 1. The molecule has 14 atom stereocenters. The highest BCUT2D eigenvalue weighted by Crippen LogP contribution is 2.72. The number of hydrogen-bond acceptors (Lipinski definition) is 5. The van der Waals surface area contributed by atoms with Crippen LogP contribution in [0.15, 0.2) is 215 Å². The fraction of sp³-hybridized carbons (Fsp3) is 0.500. The van der Waals surface area contributed by atoms with E-state index in [4.69, 9.17) is 14.2 Å². The lowest BCUT2D eigenvalue weighted by atomic mass is 9.58. The molecule has 6 spiro atoms. The van der Waals surface area contributed by atoms with Gasteiger partial charge in [0.2, 0.25) is 0 Å². The fourth-order valence-electron chi connectivity index (χ4n) is 24.0. The molecule has 6 bridgehead atoms. The molecule has 0 aromatic heterocycles.